The number of benzene rings is 1. The molecule has 0 radical (unpaired) electrons. The Labute approximate surface area is 126 Å². The van der Waals surface area contributed by atoms with E-state index in [1.807, 2.05) is 5.32 Å². The van der Waals surface area contributed by atoms with Gasteiger partial charge < -0.3 is 5.32 Å². The molecule has 116 valence electrons. The molecule has 0 aliphatic heterocycles. The fraction of sp³-hybridized carbons (Fsp3) is 0.500. The summed E-state index contributed by atoms with van der Waals surface area (Å²) in [5, 5.41) is 2.00. The zero-order valence-corrected chi connectivity index (χ0v) is 13.3. The second kappa shape index (κ2) is 8.42. The van der Waals surface area contributed by atoms with Crippen LogP contribution in [0, 0.1) is 5.92 Å². The number of hydrogen-bond donors (Lipinski definition) is 3. The molecule has 0 unspecified atom stereocenters. The maximum atomic E-state index is 11.6. The third-order valence-corrected chi connectivity index (χ3v) is 3.43. The molecule has 0 bridgehead atoms. The van der Waals surface area contributed by atoms with Gasteiger partial charge in [0.2, 0.25) is 5.91 Å². The molecule has 5 nitrogen and oxygen atoms in total. The van der Waals surface area contributed by atoms with Gasteiger partial charge in [0.15, 0.2) is 6.54 Å². The van der Waals surface area contributed by atoms with Crippen LogP contribution in [0.15, 0.2) is 24.3 Å². The van der Waals surface area contributed by atoms with Crippen molar-refractivity contribution in [2.45, 2.75) is 40.2 Å². The number of carbonyl (C=O) groups is 2. The molecule has 0 saturated heterocycles. The molecule has 1 aromatic rings. The predicted octanol–water partition coefficient (Wildman–Crippen LogP) is 0.677. The van der Waals surface area contributed by atoms with E-state index in [0.717, 1.165) is 6.42 Å². The molecule has 1 aromatic carbocycles. The molecule has 0 aliphatic rings. The lowest BCUT2D eigenvalue weighted by atomic mass is 9.95. The van der Waals surface area contributed by atoms with E-state index in [-0.39, 0.29) is 24.4 Å². The molecule has 0 aliphatic carbocycles. The fourth-order valence-electron chi connectivity index (χ4n) is 2.21. The van der Waals surface area contributed by atoms with Crippen LogP contribution in [0.5, 0.6) is 0 Å². The number of aryl methyl sites for hydroxylation is 1. The number of hydrazine groups is 1. The molecule has 0 heterocycles. The van der Waals surface area contributed by atoms with Crippen molar-refractivity contribution in [3.8, 4) is 0 Å². The zero-order chi connectivity index (χ0) is 15.8. The van der Waals surface area contributed by atoms with E-state index in [2.05, 4.69) is 55.9 Å². The van der Waals surface area contributed by atoms with Gasteiger partial charge in [-0.3, -0.25) is 20.4 Å². The molecule has 1 rings (SSSR count). The Morgan fingerprint density at radius 3 is 2.24 bits per heavy atom. The van der Waals surface area contributed by atoms with Crippen molar-refractivity contribution < 1.29 is 14.9 Å². The van der Waals surface area contributed by atoms with E-state index in [1.54, 1.807) is 0 Å². The quantitative estimate of drug-likeness (QED) is 0.674. The van der Waals surface area contributed by atoms with Gasteiger partial charge in [-0.2, -0.15) is 0 Å². The molecule has 4 N–H and O–H groups in total. The normalized spacial score (nSPS) is 12.0. The van der Waals surface area contributed by atoms with Gasteiger partial charge in [0.25, 0.3) is 5.91 Å². The molecular formula is C16H26N3O2+. The summed E-state index contributed by atoms with van der Waals surface area (Å²) in [6.07, 6.45) is 1.02. The van der Waals surface area contributed by atoms with Crippen LogP contribution < -0.4 is 16.2 Å². The minimum absolute atomic E-state index is 0.207. The summed E-state index contributed by atoms with van der Waals surface area (Å²) < 4.78 is 0. The number of nitrogens with one attached hydrogen (secondary N) is 2. The molecule has 5 heteroatoms. The number of hydrogen-bond acceptors (Lipinski definition) is 2. The molecule has 2 amide bonds. The summed E-state index contributed by atoms with van der Waals surface area (Å²) in [6.45, 7) is 8.05. The highest BCUT2D eigenvalue weighted by Gasteiger charge is 2.20. The summed E-state index contributed by atoms with van der Waals surface area (Å²) in [5.74, 6) is -0.0778. The van der Waals surface area contributed by atoms with Gasteiger partial charge in [-0.25, -0.2) is 0 Å². The second-order valence-corrected chi connectivity index (χ2v) is 5.53. The van der Waals surface area contributed by atoms with Gasteiger partial charge in [-0.15, -0.1) is 0 Å². The summed E-state index contributed by atoms with van der Waals surface area (Å²) in [7, 11) is 0. The molecule has 0 saturated carbocycles. The maximum absolute atomic E-state index is 11.6. The predicted molar refractivity (Wildman–Crippen MR) is 82.2 cm³/mol. The summed E-state index contributed by atoms with van der Waals surface area (Å²) in [6, 6.07) is 8.75. The van der Waals surface area contributed by atoms with Crippen molar-refractivity contribution in [2.75, 3.05) is 6.54 Å². The molecule has 21 heavy (non-hydrogen) atoms. The van der Waals surface area contributed by atoms with E-state index >= 15 is 0 Å². The highest BCUT2D eigenvalue weighted by atomic mass is 16.2. The Morgan fingerprint density at radius 2 is 1.76 bits per heavy atom. The summed E-state index contributed by atoms with van der Waals surface area (Å²) in [5.41, 5.74) is 7.20. The first-order chi connectivity index (χ1) is 9.93. The van der Waals surface area contributed by atoms with Crippen molar-refractivity contribution >= 4 is 11.8 Å². The lowest BCUT2D eigenvalue weighted by molar-refractivity contribution is -0.692. The SMILES string of the molecule is CCc1ccc([C@@H]([NH2+]CC(=O)NNC(C)=O)C(C)C)cc1. The summed E-state index contributed by atoms with van der Waals surface area (Å²) in [4.78, 5) is 22.4. The van der Waals surface area contributed by atoms with E-state index in [0.29, 0.717) is 5.92 Å². The average molecular weight is 292 g/mol. The van der Waals surface area contributed by atoms with Crippen LogP contribution in [0.4, 0.5) is 0 Å². The minimum atomic E-state index is -0.279. The number of amides is 2. The van der Waals surface area contributed by atoms with Crippen LogP contribution >= 0.6 is 0 Å². The zero-order valence-electron chi connectivity index (χ0n) is 13.3. The lowest BCUT2D eigenvalue weighted by Gasteiger charge is -2.19. The largest absolute Gasteiger partial charge is 0.332 e. The summed E-state index contributed by atoms with van der Waals surface area (Å²) >= 11 is 0. The second-order valence-electron chi connectivity index (χ2n) is 5.53. The highest BCUT2D eigenvalue weighted by Crippen LogP contribution is 2.18. The van der Waals surface area contributed by atoms with Crippen molar-refractivity contribution in [3.05, 3.63) is 35.4 Å². The van der Waals surface area contributed by atoms with Crippen molar-refractivity contribution in [1.82, 2.24) is 10.9 Å². The van der Waals surface area contributed by atoms with Gasteiger partial charge in [0.05, 0.1) is 0 Å². The highest BCUT2D eigenvalue weighted by molar-refractivity contribution is 5.81. The van der Waals surface area contributed by atoms with E-state index in [4.69, 9.17) is 0 Å². The maximum Gasteiger partial charge on any atom is 0.293 e. The monoisotopic (exact) mass is 292 g/mol. The number of quaternary nitrogens is 1. The van der Waals surface area contributed by atoms with Crippen LogP contribution in [-0.4, -0.2) is 18.4 Å². The van der Waals surface area contributed by atoms with Gasteiger partial charge in [-0.05, 0) is 12.0 Å². The molecule has 0 spiro atoms. The first-order valence-corrected chi connectivity index (χ1v) is 7.41. The minimum Gasteiger partial charge on any atom is -0.332 e. The Morgan fingerprint density at radius 1 is 1.14 bits per heavy atom. The molecule has 0 fully saturated rings. The van der Waals surface area contributed by atoms with Crippen molar-refractivity contribution in [2.24, 2.45) is 5.92 Å². The Balaban J connectivity index is 2.61. The van der Waals surface area contributed by atoms with Gasteiger partial charge in [0.1, 0.15) is 6.04 Å². The molecule has 0 aromatic heterocycles. The van der Waals surface area contributed by atoms with Crippen molar-refractivity contribution in [3.63, 3.8) is 0 Å². The topological polar surface area (TPSA) is 74.8 Å². The van der Waals surface area contributed by atoms with Gasteiger partial charge in [0, 0.05) is 18.4 Å². The van der Waals surface area contributed by atoms with E-state index < -0.39 is 0 Å². The Kier molecular flexibility index (Phi) is 6.88. The van der Waals surface area contributed by atoms with Crippen molar-refractivity contribution in [1.29, 1.82) is 0 Å². The first kappa shape index (κ1) is 17.2. The van der Waals surface area contributed by atoms with E-state index in [9.17, 15) is 9.59 Å². The van der Waals surface area contributed by atoms with Gasteiger partial charge in [-0.1, -0.05) is 45.0 Å². The molecular weight excluding hydrogens is 266 g/mol. The fourth-order valence-corrected chi connectivity index (χ4v) is 2.21. The Bertz CT molecular complexity index is 469. The third kappa shape index (κ3) is 5.95. The number of nitrogens with two attached hydrogens (primary N) is 1. The van der Waals surface area contributed by atoms with Crippen LogP contribution in [0.1, 0.15) is 44.9 Å². The third-order valence-electron chi connectivity index (χ3n) is 3.43. The Hall–Kier alpha value is -1.88. The van der Waals surface area contributed by atoms with E-state index in [1.165, 1.54) is 18.1 Å². The van der Waals surface area contributed by atoms with Crippen LogP contribution in [-0.2, 0) is 16.0 Å². The van der Waals surface area contributed by atoms with Gasteiger partial charge >= 0.3 is 0 Å². The smallest absolute Gasteiger partial charge is 0.293 e. The molecule has 1 atom stereocenters. The van der Waals surface area contributed by atoms with Crippen LogP contribution in [0.3, 0.4) is 0 Å². The average Bonchev–Trinajstić information content (AvgIpc) is 2.45. The number of rotatable bonds is 6. The number of carbonyl (C=O) groups excluding carboxylic acids is 2. The van der Waals surface area contributed by atoms with Crippen LogP contribution in [0.2, 0.25) is 0 Å². The first-order valence-electron chi connectivity index (χ1n) is 7.41. The standard InChI is InChI=1S/C16H25N3O2/c1-5-13-6-8-14(9-7-13)16(11(2)3)17-10-15(21)19-18-12(4)20/h6-9,11,16-17H,5,10H2,1-4H3,(H,18,20)(H,19,21)/p+1/t16-/m0/s1. The lowest BCUT2D eigenvalue weighted by Crippen LogP contribution is -2.88. The van der Waals surface area contributed by atoms with Crippen LogP contribution in [0.25, 0.3) is 0 Å².